The molecule has 0 spiro atoms. The number of hydrazine groups is 1. The van der Waals surface area contributed by atoms with Gasteiger partial charge < -0.3 is 0 Å². The highest BCUT2D eigenvalue weighted by atomic mass is 16.2. The second-order valence-electron chi connectivity index (χ2n) is 5.28. The Labute approximate surface area is 104 Å². The molecule has 1 amide bonds. The van der Waals surface area contributed by atoms with Crippen LogP contribution in [0.4, 0.5) is 0 Å². The normalized spacial score (nSPS) is 11.7. The van der Waals surface area contributed by atoms with Crippen molar-refractivity contribution in [1.82, 2.24) is 10.4 Å². The zero-order valence-corrected chi connectivity index (χ0v) is 11.6. The fraction of sp³-hybridized carbons (Fsp3) is 0.500. The van der Waals surface area contributed by atoms with Gasteiger partial charge in [-0.05, 0) is 38.8 Å². The maximum atomic E-state index is 12.2. The van der Waals surface area contributed by atoms with Crippen LogP contribution >= 0.6 is 0 Å². The second-order valence-corrected chi connectivity index (χ2v) is 5.28. The van der Waals surface area contributed by atoms with E-state index < -0.39 is 5.41 Å². The Morgan fingerprint density at radius 3 is 2.35 bits per heavy atom. The van der Waals surface area contributed by atoms with Gasteiger partial charge in [0, 0.05) is 14.1 Å². The van der Waals surface area contributed by atoms with E-state index in [4.69, 9.17) is 0 Å². The number of nitrogens with one attached hydrogen (secondary N) is 1. The molecule has 3 heteroatoms. The molecule has 0 aromatic heterocycles. The minimum atomic E-state index is -0.527. The Morgan fingerprint density at radius 1 is 1.24 bits per heavy atom. The van der Waals surface area contributed by atoms with Crippen LogP contribution < -0.4 is 5.43 Å². The van der Waals surface area contributed by atoms with E-state index >= 15 is 0 Å². The molecule has 0 radical (unpaired) electrons. The smallest absolute Gasteiger partial charge is 0.244 e. The van der Waals surface area contributed by atoms with Crippen molar-refractivity contribution >= 4 is 5.91 Å². The van der Waals surface area contributed by atoms with E-state index in [9.17, 15) is 4.79 Å². The average molecular weight is 234 g/mol. The minimum Gasteiger partial charge on any atom is -0.289 e. The first-order valence-corrected chi connectivity index (χ1v) is 5.81. The lowest BCUT2D eigenvalue weighted by atomic mass is 9.80. The molecule has 1 aromatic carbocycles. The summed E-state index contributed by atoms with van der Waals surface area (Å²) in [6.45, 7) is 7.99. The zero-order chi connectivity index (χ0) is 13.2. The molecule has 94 valence electrons. The molecule has 0 bridgehead atoms. The molecular weight excluding hydrogens is 212 g/mol. The molecule has 0 aliphatic heterocycles. The number of amides is 1. The monoisotopic (exact) mass is 234 g/mol. The van der Waals surface area contributed by atoms with Crippen LogP contribution in [-0.2, 0) is 10.2 Å². The number of hydrogen-bond donors (Lipinski definition) is 1. The summed E-state index contributed by atoms with van der Waals surface area (Å²) in [6, 6.07) is 6.22. The fourth-order valence-electron chi connectivity index (χ4n) is 1.87. The maximum absolute atomic E-state index is 12.2. The number of nitrogens with zero attached hydrogens (tertiary/aromatic N) is 1. The number of carbonyl (C=O) groups is 1. The van der Waals surface area contributed by atoms with Crippen molar-refractivity contribution in [3.63, 3.8) is 0 Å². The summed E-state index contributed by atoms with van der Waals surface area (Å²) in [5.41, 5.74) is 5.70. The first-order valence-electron chi connectivity index (χ1n) is 5.81. The van der Waals surface area contributed by atoms with Crippen LogP contribution in [0.2, 0.25) is 0 Å². The van der Waals surface area contributed by atoms with Gasteiger partial charge in [0.2, 0.25) is 5.91 Å². The topological polar surface area (TPSA) is 32.3 Å². The molecule has 17 heavy (non-hydrogen) atoms. The fourth-order valence-corrected chi connectivity index (χ4v) is 1.87. The summed E-state index contributed by atoms with van der Waals surface area (Å²) in [4.78, 5) is 12.2. The van der Waals surface area contributed by atoms with E-state index in [1.54, 1.807) is 5.01 Å². The molecule has 0 atom stereocenters. The summed E-state index contributed by atoms with van der Waals surface area (Å²) in [6.07, 6.45) is 0. The van der Waals surface area contributed by atoms with Gasteiger partial charge in [0.1, 0.15) is 0 Å². The van der Waals surface area contributed by atoms with E-state index in [0.717, 1.165) is 11.1 Å². The lowest BCUT2D eigenvalue weighted by molar-refractivity contribution is -0.129. The van der Waals surface area contributed by atoms with Crippen LogP contribution in [0.3, 0.4) is 0 Å². The first kappa shape index (κ1) is 13.7. The Morgan fingerprint density at radius 2 is 1.82 bits per heavy atom. The van der Waals surface area contributed by atoms with Crippen molar-refractivity contribution in [3.8, 4) is 0 Å². The Kier molecular flexibility index (Phi) is 3.94. The quantitative estimate of drug-likeness (QED) is 0.813. The summed E-state index contributed by atoms with van der Waals surface area (Å²) >= 11 is 0. The van der Waals surface area contributed by atoms with E-state index in [1.165, 1.54) is 5.56 Å². The molecule has 0 fully saturated rings. The molecule has 0 saturated carbocycles. The summed E-state index contributed by atoms with van der Waals surface area (Å²) in [5, 5.41) is 1.68. The third-order valence-electron chi connectivity index (χ3n) is 2.96. The van der Waals surface area contributed by atoms with Gasteiger partial charge in [0.15, 0.2) is 0 Å². The molecule has 1 N–H and O–H groups in total. The lowest BCUT2D eigenvalue weighted by Gasteiger charge is -2.28. The number of carbonyl (C=O) groups excluding carboxylic acids is 1. The van der Waals surface area contributed by atoms with Gasteiger partial charge in [-0.2, -0.15) is 0 Å². The summed E-state index contributed by atoms with van der Waals surface area (Å²) < 4.78 is 0. The van der Waals surface area contributed by atoms with Crippen LogP contribution in [0, 0.1) is 13.8 Å². The molecule has 3 nitrogen and oxygen atoms in total. The van der Waals surface area contributed by atoms with Gasteiger partial charge in [-0.15, -0.1) is 0 Å². The first-order chi connectivity index (χ1) is 7.75. The molecule has 0 aliphatic rings. The van der Waals surface area contributed by atoms with Crippen LogP contribution in [0.5, 0.6) is 0 Å². The minimum absolute atomic E-state index is 0.0104. The van der Waals surface area contributed by atoms with E-state index in [0.29, 0.717) is 0 Å². The predicted molar refractivity (Wildman–Crippen MR) is 70.8 cm³/mol. The van der Waals surface area contributed by atoms with E-state index in [-0.39, 0.29) is 5.91 Å². The third-order valence-corrected chi connectivity index (χ3v) is 2.96. The molecule has 1 aromatic rings. The lowest BCUT2D eigenvalue weighted by Crippen LogP contribution is -2.46. The molecule has 0 saturated heterocycles. The van der Waals surface area contributed by atoms with Crippen molar-refractivity contribution in [2.24, 2.45) is 0 Å². The van der Waals surface area contributed by atoms with Gasteiger partial charge in [0.25, 0.3) is 0 Å². The van der Waals surface area contributed by atoms with Crippen molar-refractivity contribution in [3.05, 3.63) is 34.9 Å². The van der Waals surface area contributed by atoms with Gasteiger partial charge in [-0.25, -0.2) is 5.01 Å². The SMILES string of the molecule is Cc1ccc(C)c(C(C)(C)C(=O)NN(C)C)c1. The van der Waals surface area contributed by atoms with Gasteiger partial charge in [0.05, 0.1) is 5.41 Å². The largest absolute Gasteiger partial charge is 0.289 e. The highest BCUT2D eigenvalue weighted by Crippen LogP contribution is 2.27. The van der Waals surface area contributed by atoms with Gasteiger partial charge in [-0.1, -0.05) is 23.8 Å². The highest BCUT2D eigenvalue weighted by molar-refractivity contribution is 5.87. The van der Waals surface area contributed by atoms with Crippen LogP contribution in [0.25, 0.3) is 0 Å². The van der Waals surface area contributed by atoms with Crippen molar-refractivity contribution in [1.29, 1.82) is 0 Å². The van der Waals surface area contributed by atoms with Crippen LogP contribution in [-0.4, -0.2) is 25.0 Å². The summed E-state index contributed by atoms with van der Waals surface area (Å²) in [5.74, 6) is 0.0104. The molecule has 1 rings (SSSR count). The van der Waals surface area contributed by atoms with E-state index in [1.807, 2.05) is 41.8 Å². The maximum Gasteiger partial charge on any atom is 0.244 e. The standard InChI is InChI=1S/C14H22N2O/c1-10-7-8-11(2)12(9-10)14(3,4)13(17)15-16(5)6/h7-9H,1-6H3,(H,15,17). The Bertz CT molecular complexity index is 422. The van der Waals surface area contributed by atoms with Crippen LogP contribution in [0.15, 0.2) is 18.2 Å². The number of hydrogen-bond acceptors (Lipinski definition) is 2. The van der Waals surface area contributed by atoms with Gasteiger partial charge in [-0.3, -0.25) is 10.2 Å². The molecule has 0 unspecified atom stereocenters. The van der Waals surface area contributed by atoms with Gasteiger partial charge >= 0.3 is 0 Å². The average Bonchev–Trinajstić information content (AvgIpc) is 2.20. The van der Waals surface area contributed by atoms with Crippen molar-refractivity contribution < 1.29 is 4.79 Å². The Hall–Kier alpha value is -1.35. The zero-order valence-electron chi connectivity index (χ0n) is 11.6. The molecule has 0 aliphatic carbocycles. The van der Waals surface area contributed by atoms with E-state index in [2.05, 4.69) is 23.6 Å². The third kappa shape index (κ3) is 3.07. The number of rotatable bonds is 3. The number of aryl methyl sites for hydroxylation is 2. The summed E-state index contributed by atoms with van der Waals surface area (Å²) in [7, 11) is 3.63. The highest BCUT2D eigenvalue weighted by Gasteiger charge is 2.31. The van der Waals surface area contributed by atoms with Crippen molar-refractivity contribution in [2.45, 2.75) is 33.1 Å². The predicted octanol–water partition coefficient (Wildman–Crippen LogP) is 2.17. The van der Waals surface area contributed by atoms with Crippen LogP contribution in [0.1, 0.15) is 30.5 Å². The molecular formula is C14H22N2O. The molecule has 0 heterocycles. The second kappa shape index (κ2) is 4.88. The van der Waals surface area contributed by atoms with Crippen molar-refractivity contribution in [2.75, 3.05) is 14.1 Å². The number of benzene rings is 1. The Balaban J connectivity index is 3.11.